The number of anilines is 1. The van der Waals surface area contributed by atoms with Crippen LogP contribution in [0.5, 0.6) is 0 Å². The monoisotopic (exact) mass is 425 g/mol. The molecular weight excluding hydrogens is 410 g/mol. The first-order chi connectivity index (χ1) is 14.5. The van der Waals surface area contributed by atoms with Gasteiger partial charge < -0.3 is 20.5 Å². The molecule has 9 nitrogen and oxygen atoms in total. The van der Waals surface area contributed by atoms with E-state index >= 15 is 0 Å². The summed E-state index contributed by atoms with van der Waals surface area (Å²) in [5.41, 5.74) is 1.35. The summed E-state index contributed by atoms with van der Waals surface area (Å²) in [6, 6.07) is 12.7. The van der Waals surface area contributed by atoms with E-state index in [9.17, 15) is 14.4 Å². The first-order valence-corrected chi connectivity index (χ1v) is 9.44. The number of amides is 3. The van der Waals surface area contributed by atoms with Gasteiger partial charge in [0.2, 0.25) is 23.5 Å². The van der Waals surface area contributed by atoms with Gasteiger partial charge in [0.25, 0.3) is 5.91 Å². The molecule has 0 spiro atoms. The summed E-state index contributed by atoms with van der Waals surface area (Å²) in [5, 5.41) is 12.2. The lowest BCUT2D eigenvalue weighted by molar-refractivity contribution is -0.125. The third-order valence-electron chi connectivity index (χ3n) is 4.46. The van der Waals surface area contributed by atoms with Crippen molar-refractivity contribution in [1.82, 2.24) is 20.8 Å². The van der Waals surface area contributed by atoms with E-state index in [-0.39, 0.29) is 18.9 Å². The summed E-state index contributed by atoms with van der Waals surface area (Å²) in [4.78, 5) is 41.2. The van der Waals surface area contributed by atoms with E-state index in [1.165, 1.54) is 0 Å². The number of benzene rings is 2. The molecule has 1 aliphatic heterocycles. The first-order valence-electron chi connectivity index (χ1n) is 9.06. The predicted molar refractivity (Wildman–Crippen MR) is 108 cm³/mol. The number of nitrogens with zero attached hydrogens (tertiary/aromatic N) is 2. The van der Waals surface area contributed by atoms with Crippen LogP contribution in [0, 0.1) is 0 Å². The fraction of sp³-hybridized carbons (Fsp3) is 0.150. The van der Waals surface area contributed by atoms with Crippen molar-refractivity contribution >= 4 is 35.0 Å². The molecular formula is C20H16ClN5O4. The van der Waals surface area contributed by atoms with Crippen molar-refractivity contribution in [2.75, 3.05) is 5.32 Å². The predicted octanol–water partition coefficient (Wildman–Crippen LogP) is 2.15. The number of nitrogens with one attached hydrogen (secondary N) is 3. The van der Waals surface area contributed by atoms with E-state index in [1.54, 1.807) is 48.5 Å². The highest BCUT2D eigenvalue weighted by Gasteiger charge is 2.29. The normalized spacial score (nSPS) is 15.6. The average Bonchev–Trinajstić information content (AvgIpc) is 3.17. The standard InChI is InChI=1S/C20H16ClN5O4/c21-13-7-3-1-5-11(13)18-25-17(30-26-18)10-22-16(27)9-15-20(29)23-14-8-4-2-6-12(14)19(28)24-15/h1-8,15H,9-10H2,(H,22,27)(H,23,29)(H,24,28)/t15-/m0/s1. The highest BCUT2D eigenvalue weighted by atomic mass is 35.5. The lowest BCUT2D eigenvalue weighted by Crippen LogP contribution is -2.44. The van der Waals surface area contributed by atoms with Crippen molar-refractivity contribution in [3.05, 3.63) is 65.0 Å². The van der Waals surface area contributed by atoms with Crippen molar-refractivity contribution < 1.29 is 18.9 Å². The van der Waals surface area contributed by atoms with Crippen LogP contribution < -0.4 is 16.0 Å². The molecule has 3 N–H and O–H groups in total. The SMILES string of the molecule is O=C(C[C@@H]1NC(=O)c2ccccc2NC1=O)NCc1nc(-c2ccccc2Cl)no1. The van der Waals surface area contributed by atoms with Crippen molar-refractivity contribution in [2.24, 2.45) is 0 Å². The highest BCUT2D eigenvalue weighted by molar-refractivity contribution is 6.33. The Hall–Kier alpha value is -3.72. The van der Waals surface area contributed by atoms with Gasteiger partial charge in [-0.15, -0.1) is 0 Å². The Morgan fingerprint density at radius 2 is 1.83 bits per heavy atom. The smallest absolute Gasteiger partial charge is 0.254 e. The molecule has 2 heterocycles. The van der Waals surface area contributed by atoms with Gasteiger partial charge in [0.05, 0.1) is 29.2 Å². The molecule has 30 heavy (non-hydrogen) atoms. The van der Waals surface area contributed by atoms with Crippen molar-refractivity contribution in [3.8, 4) is 11.4 Å². The second kappa shape index (κ2) is 8.34. The summed E-state index contributed by atoms with van der Waals surface area (Å²) in [5.74, 6) is -0.873. The van der Waals surface area contributed by atoms with Gasteiger partial charge >= 0.3 is 0 Å². The van der Waals surface area contributed by atoms with Gasteiger partial charge in [0.15, 0.2) is 0 Å². The van der Waals surface area contributed by atoms with Crippen LogP contribution in [0.4, 0.5) is 5.69 Å². The Kier molecular flexibility index (Phi) is 5.44. The Labute approximate surface area is 175 Å². The minimum absolute atomic E-state index is 0.0290. The fourth-order valence-electron chi connectivity index (χ4n) is 2.97. The number of para-hydroxylation sites is 1. The zero-order chi connectivity index (χ0) is 21.1. The number of fused-ring (bicyclic) bond motifs is 1. The Morgan fingerprint density at radius 3 is 2.63 bits per heavy atom. The number of hydrogen-bond acceptors (Lipinski definition) is 6. The molecule has 0 saturated carbocycles. The van der Waals surface area contributed by atoms with Crippen LogP contribution in [0.2, 0.25) is 5.02 Å². The summed E-state index contributed by atoms with van der Waals surface area (Å²) in [6.07, 6.45) is -0.239. The van der Waals surface area contributed by atoms with E-state index in [4.69, 9.17) is 16.1 Å². The number of halogens is 1. The molecule has 1 atom stereocenters. The number of carbonyl (C=O) groups excluding carboxylic acids is 3. The maximum atomic E-state index is 12.4. The topological polar surface area (TPSA) is 126 Å². The summed E-state index contributed by atoms with van der Waals surface area (Å²) >= 11 is 6.11. The Morgan fingerprint density at radius 1 is 1.10 bits per heavy atom. The molecule has 1 aromatic heterocycles. The van der Waals surface area contributed by atoms with Crippen LogP contribution in [0.3, 0.4) is 0 Å². The quantitative estimate of drug-likeness (QED) is 0.575. The van der Waals surface area contributed by atoms with Crippen molar-refractivity contribution in [2.45, 2.75) is 19.0 Å². The molecule has 10 heteroatoms. The maximum absolute atomic E-state index is 12.4. The molecule has 0 radical (unpaired) electrons. The zero-order valence-electron chi connectivity index (χ0n) is 15.5. The molecule has 0 bridgehead atoms. The number of aromatic nitrogens is 2. The fourth-order valence-corrected chi connectivity index (χ4v) is 3.19. The Balaban J connectivity index is 1.36. The van der Waals surface area contributed by atoms with Gasteiger partial charge in [-0.2, -0.15) is 4.98 Å². The lowest BCUT2D eigenvalue weighted by Gasteiger charge is -2.13. The van der Waals surface area contributed by atoms with Gasteiger partial charge in [0.1, 0.15) is 6.04 Å². The van der Waals surface area contributed by atoms with Crippen LogP contribution >= 0.6 is 11.6 Å². The Bertz CT molecular complexity index is 1130. The van der Waals surface area contributed by atoms with Crippen molar-refractivity contribution in [1.29, 1.82) is 0 Å². The molecule has 0 saturated heterocycles. The molecule has 0 fully saturated rings. The highest BCUT2D eigenvalue weighted by Crippen LogP contribution is 2.24. The number of rotatable bonds is 5. The van der Waals surface area contributed by atoms with Gasteiger partial charge in [0, 0.05) is 5.56 Å². The minimum atomic E-state index is -1.01. The maximum Gasteiger partial charge on any atom is 0.254 e. The van der Waals surface area contributed by atoms with Crippen LogP contribution in [0.1, 0.15) is 22.7 Å². The van der Waals surface area contributed by atoms with Crippen molar-refractivity contribution in [3.63, 3.8) is 0 Å². The van der Waals surface area contributed by atoms with Crippen LogP contribution in [-0.4, -0.2) is 33.9 Å². The molecule has 152 valence electrons. The molecule has 4 rings (SSSR count). The van der Waals surface area contributed by atoms with Gasteiger partial charge in [-0.25, -0.2) is 0 Å². The zero-order valence-corrected chi connectivity index (χ0v) is 16.3. The summed E-state index contributed by atoms with van der Waals surface area (Å²) in [6.45, 7) is -0.0290. The number of carbonyl (C=O) groups is 3. The summed E-state index contributed by atoms with van der Waals surface area (Å²) < 4.78 is 5.13. The molecule has 2 aromatic carbocycles. The van der Waals surface area contributed by atoms with Crippen LogP contribution in [0.15, 0.2) is 53.1 Å². The average molecular weight is 426 g/mol. The third kappa shape index (κ3) is 4.15. The largest absolute Gasteiger partial charge is 0.347 e. The molecule has 0 aliphatic carbocycles. The van der Waals surface area contributed by atoms with Gasteiger partial charge in [-0.1, -0.05) is 41.0 Å². The first kappa shape index (κ1) is 19.6. The molecule has 1 aliphatic rings. The van der Waals surface area contributed by atoms with Crippen LogP contribution in [0.25, 0.3) is 11.4 Å². The third-order valence-corrected chi connectivity index (χ3v) is 4.79. The summed E-state index contributed by atoms with van der Waals surface area (Å²) in [7, 11) is 0. The van der Waals surface area contributed by atoms with E-state index in [0.29, 0.717) is 27.7 Å². The van der Waals surface area contributed by atoms with Crippen LogP contribution in [-0.2, 0) is 16.1 Å². The number of hydrogen-bond donors (Lipinski definition) is 3. The second-order valence-electron chi connectivity index (χ2n) is 6.53. The van der Waals surface area contributed by atoms with E-state index in [2.05, 4.69) is 26.1 Å². The molecule has 0 unspecified atom stereocenters. The molecule has 3 aromatic rings. The van der Waals surface area contributed by atoms with E-state index in [1.807, 2.05) is 0 Å². The second-order valence-corrected chi connectivity index (χ2v) is 6.94. The van der Waals surface area contributed by atoms with Gasteiger partial charge in [-0.05, 0) is 24.3 Å². The molecule has 3 amide bonds. The van der Waals surface area contributed by atoms with E-state index < -0.39 is 23.8 Å². The minimum Gasteiger partial charge on any atom is -0.347 e. The lowest BCUT2D eigenvalue weighted by atomic mass is 10.1. The van der Waals surface area contributed by atoms with Gasteiger partial charge in [-0.3, -0.25) is 14.4 Å². The van der Waals surface area contributed by atoms with E-state index in [0.717, 1.165) is 0 Å².